The highest BCUT2D eigenvalue weighted by Gasteiger charge is 2.34. The van der Waals surface area contributed by atoms with Crippen LogP contribution in [0.5, 0.6) is 0 Å². The molecular weight excluding hydrogens is 445 g/mol. The van der Waals surface area contributed by atoms with E-state index in [0.717, 1.165) is 36.4 Å². The minimum atomic E-state index is -4.43. The summed E-state index contributed by atoms with van der Waals surface area (Å²) in [4.78, 5) is 19.5. The second-order valence-electron chi connectivity index (χ2n) is 8.88. The van der Waals surface area contributed by atoms with Gasteiger partial charge < -0.3 is 14.7 Å². The van der Waals surface area contributed by atoms with Gasteiger partial charge in [0.25, 0.3) is 5.91 Å². The first-order valence-electron chi connectivity index (χ1n) is 11.3. The lowest BCUT2D eigenvalue weighted by Gasteiger charge is -2.40. The van der Waals surface area contributed by atoms with Gasteiger partial charge in [-0.3, -0.25) is 4.79 Å². The number of piperidine rings is 1. The predicted octanol–water partition coefficient (Wildman–Crippen LogP) is 5.73. The molecule has 3 aromatic rings. The summed E-state index contributed by atoms with van der Waals surface area (Å²) in [6.45, 7) is 6.82. The number of likely N-dealkylation sites (tertiary alicyclic amines) is 1. The Morgan fingerprint density at radius 1 is 1.21 bits per heavy atom. The Balaban J connectivity index is 1.57. The molecule has 6 nitrogen and oxygen atoms in total. The maximum Gasteiger partial charge on any atom is 0.417 e. The number of alkyl halides is 3. The molecule has 1 aliphatic heterocycles. The van der Waals surface area contributed by atoms with Gasteiger partial charge in [-0.25, -0.2) is 4.98 Å². The topological polar surface area (TPSA) is 71.3 Å². The van der Waals surface area contributed by atoms with Crippen molar-refractivity contribution in [2.75, 3.05) is 18.4 Å². The van der Waals surface area contributed by atoms with Crippen LogP contribution in [0.15, 0.2) is 47.1 Å². The summed E-state index contributed by atoms with van der Waals surface area (Å²) in [5.74, 6) is 0.980. The van der Waals surface area contributed by atoms with E-state index in [9.17, 15) is 18.0 Å². The van der Waals surface area contributed by atoms with E-state index >= 15 is 0 Å². The van der Waals surface area contributed by atoms with Gasteiger partial charge in [0.15, 0.2) is 5.76 Å². The number of hydrogen-bond donors (Lipinski definition) is 1. The second-order valence-corrected chi connectivity index (χ2v) is 8.88. The number of pyridine rings is 1. The fourth-order valence-corrected chi connectivity index (χ4v) is 4.38. The van der Waals surface area contributed by atoms with Crippen LogP contribution in [0.2, 0.25) is 0 Å². The maximum absolute atomic E-state index is 13.8. The number of hydrogen-bond acceptors (Lipinski definition) is 5. The molecule has 9 heteroatoms. The third-order valence-corrected chi connectivity index (χ3v) is 6.26. The summed E-state index contributed by atoms with van der Waals surface area (Å²) < 4.78 is 43.9. The van der Waals surface area contributed by atoms with Crippen molar-refractivity contribution in [2.45, 2.75) is 45.8 Å². The van der Waals surface area contributed by atoms with Crippen molar-refractivity contribution in [1.82, 2.24) is 15.0 Å². The molecule has 0 spiro atoms. The largest absolute Gasteiger partial charge is 0.417 e. The molecule has 1 saturated heterocycles. The highest BCUT2D eigenvalue weighted by atomic mass is 19.4. The SMILES string of the molecule is Cc1ccc(-c2cc(C)no2)c(C(=O)N2CCCC(C)C2CNc2ccc(C(F)(F)F)cn2)c1. The molecule has 3 heterocycles. The van der Waals surface area contributed by atoms with E-state index < -0.39 is 11.7 Å². The van der Waals surface area contributed by atoms with Crippen molar-refractivity contribution in [2.24, 2.45) is 5.92 Å². The Morgan fingerprint density at radius 2 is 2.00 bits per heavy atom. The average Bonchev–Trinajstić information content (AvgIpc) is 3.23. The normalized spacial score (nSPS) is 18.7. The molecule has 2 unspecified atom stereocenters. The average molecular weight is 473 g/mol. The Bertz CT molecular complexity index is 1160. The molecule has 34 heavy (non-hydrogen) atoms. The quantitative estimate of drug-likeness (QED) is 0.514. The molecule has 1 fully saturated rings. The monoisotopic (exact) mass is 472 g/mol. The van der Waals surface area contributed by atoms with E-state index in [-0.39, 0.29) is 17.9 Å². The van der Waals surface area contributed by atoms with Gasteiger partial charge in [-0.1, -0.05) is 29.8 Å². The fraction of sp³-hybridized carbons (Fsp3) is 0.400. The highest BCUT2D eigenvalue weighted by molar-refractivity contribution is 6.00. The van der Waals surface area contributed by atoms with Crippen LogP contribution in [-0.4, -0.2) is 40.1 Å². The van der Waals surface area contributed by atoms with E-state index in [1.807, 2.05) is 36.9 Å². The summed E-state index contributed by atoms with van der Waals surface area (Å²) >= 11 is 0. The van der Waals surface area contributed by atoms with Crippen molar-refractivity contribution in [3.8, 4) is 11.3 Å². The first-order chi connectivity index (χ1) is 16.1. The van der Waals surface area contributed by atoms with Crippen LogP contribution >= 0.6 is 0 Å². The van der Waals surface area contributed by atoms with E-state index in [4.69, 9.17) is 4.52 Å². The number of amides is 1. The molecule has 2 aromatic heterocycles. The number of nitrogens with one attached hydrogen (secondary N) is 1. The van der Waals surface area contributed by atoms with E-state index in [1.165, 1.54) is 6.07 Å². The summed E-state index contributed by atoms with van der Waals surface area (Å²) in [5.41, 5.74) is 2.12. The number of aromatic nitrogens is 2. The first-order valence-corrected chi connectivity index (χ1v) is 11.3. The van der Waals surface area contributed by atoms with Gasteiger partial charge in [0.1, 0.15) is 5.82 Å². The summed E-state index contributed by atoms with van der Waals surface area (Å²) in [6, 6.07) is 9.63. The molecule has 1 amide bonds. The van der Waals surface area contributed by atoms with Gasteiger partial charge in [-0.15, -0.1) is 0 Å². The molecule has 0 radical (unpaired) electrons. The van der Waals surface area contributed by atoms with Crippen molar-refractivity contribution in [3.05, 3.63) is 65.0 Å². The number of anilines is 1. The summed E-state index contributed by atoms with van der Waals surface area (Å²) in [7, 11) is 0. The van der Waals surface area contributed by atoms with E-state index in [1.54, 1.807) is 6.07 Å². The van der Waals surface area contributed by atoms with Crippen LogP contribution in [0.1, 0.15) is 46.9 Å². The molecule has 0 bridgehead atoms. The van der Waals surface area contributed by atoms with E-state index in [2.05, 4.69) is 22.4 Å². The number of benzene rings is 1. The minimum Gasteiger partial charge on any atom is -0.368 e. The predicted molar refractivity (Wildman–Crippen MR) is 122 cm³/mol. The molecule has 180 valence electrons. The summed E-state index contributed by atoms with van der Waals surface area (Å²) in [6.07, 6.45) is -1.78. The number of carbonyl (C=O) groups is 1. The number of aryl methyl sites for hydroxylation is 2. The van der Waals surface area contributed by atoms with Crippen molar-refractivity contribution < 1.29 is 22.5 Å². The van der Waals surface area contributed by atoms with E-state index in [0.29, 0.717) is 35.8 Å². The molecule has 1 aromatic carbocycles. The Morgan fingerprint density at radius 3 is 2.65 bits per heavy atom. The third-order valence-electron chi connectivity index (χ3n) is 6.26. The zero-order chi connectivity index (χ0) is 24.5. The minimum absolute atomic E-state index is 0.105. The lowest BCUT2D eigenvalue weighted by Crippen LogP contribution is -2.51. The van der Waals surface area contributed by atoms with Gasteiger partial charge in [0.05, 0.1) is 22.9 Å². The van der Waals surface area contributed by atoms with Crippen LogP contribution in [0.25, 0.3) is 11.3 Å². The zero-order valence-corrected chi connectivity index (χ0v) is 19.3. The second kappa shape index (κ2) is 9.48. The standard InChI is InChI=1S/C25H27F3N4O2/c1-15-6-8-19(22-12-17(3)31-34-22)20(11-15)24(33)32-10-4-5-16(2)21(32)14-30-23-9-7-18(13-29-23)25(26,27)28/h6-9,11-13,16,21H,4-5,10,14H2,1-3H3,(H,29,30). The number of carbonyl (C=O) groups excluding carboxylic acids is 1. The summed E-state index contributed by atoms with van der Waals surface area (Å²) in [5, 5.41) is 7.07. The van der Waals surface area contributed by atoms with Crippen molar-refractivity contribution >= 4 is 11.7 Å². The van der Waals surface area contributed by atoms with Gasteiger partial charge >= 0.3 is 6.18 Å². The molecule has 1 N–H and O–H groups in total. The Kier molecular flexibility index (Phi) is 6.63. The van der Waals surface area contributed by atoms with Crippen LogP contribution in [0, 0.1) is 19.8 Å². The molecular formula is C25H27F3N4O2. The lowest BCUT2D eigenvalue weighted by molar-refractivity contribution is -0.137. The number of rotatable bonds is 5. The van der Waals surface area contributed by atoms with Crippen LogP contribution in [-0.2, 0) is 6.18 Å². The Hall–Kier alpha value is -3.36. The highest BCUT2D eigenvalue weighted by Crippen LogP contribution is 2.31. The zero-order valence-electron chi connectivity index (χ0n) is 19.3. The number of halogens is 3. The fourth-order valence-electron chi connectivity index (χ4n) is 4.38. The maximum atomic E-state index is 13.8. The van der Waals surface area contributed by atoms with Gasteiger partial charge in [-0.05, 0) is 50.8 Å². The molecule has 4 rings (SSSR count). The van der Waals surface area contributed by atoms with Crippen LogP contribution < -0.4 is 5.32 Å². The van der Waals surface area contributed by atoms with Crippen LogP contribution in [0.4, 0.5) is 19.0 Å². The van der Waals surface area contributed by atoms with Crippen molar-refractivity contribution in [3.63, 3.8) is 0 Å². The van der Waals surface area contributed by atoms with Gasteiger partial charge in [-0.2, -0.15) is 13.2 Å². The molecule has 0 saturated carbocycles. The lowest BCUT2D eigenvalue weighted by atomic mass is 9.89. The Labute approximate surface area is 196 Å². The number of nitrogens with zero attached hydrogens (tertiary/aromatic N) is 3. The molecule has 1 aliphatic rings. The smallest absolute Gasteiger partial charge is 0.368 e. The van der Waals surface area contributed by atoms with Gasteiger partial charge in [0, 0.05) is 30.9 Å². The van der Waals surface area contributed by atoms with Gasteiger partial charge in [0.2, 0.25) is 0 Å². The van der Waals surface area contributed by atoms with Crippen LogP contribution in [0.3, 0.4) is 0 Å². The molecule has 2 atom stereocenters. The first kappa shape index (κ1) is 23.8. The van der Waals surface area contributed by atoms with Crippen molar-refractivity contribution in [1.29, 1.82) is 0 Å². The molecule has 0 aliphatic carbocycles. The third kappa shape index (κ3) is 5.08.